The average molecular weight is 381 g/mol. The van der Waals surface area contributed by atoms with Gasteiger partial charge in [-0.2, -0.15) is 0 Å². The van der Waals surface area contributed by atoms with E-state index < -0.39 is 0 Å². The number of carbonyl (C=O) groups is 2. The fourth-order valence-electron chi connectivity index (χ4n) is 3.06. The fourth-order valence-corrected chi connectivity index (χ4v) is 4.04. The number of thioether (sulfide) groups is 1. The van der Waals surface area contributed by atoms with E-state index in [2.05, 4.69) is 10.6 Å². The number of amides is 2. The predicted octanol–water partition coefficient (Wildman–Crippen LogP) is 3.95. The third-order valence-corrected chi connectivity index (χ3v) is 5.71. The van der Waals surface area contributed by atoms with Gasteiger partial charge in [-0.05, 0) is 38.0 Å². The molecule has 1 saturated carbocycles. The summed E-state index contributed by atoms with van der Waals surface area (Å²) in [5.74, 6) is 0.873. The van der Waals surface area contributed by atoms with Crippen molar-refractivity contribution in [3.8, 4) is 0 Å². The second kappa shape index (κ2) is 8.15. The van der Waals surface area contributed by atoms with Gasteiger partial charge in [-0.25, -0.2) is 0 Å². The van der Waals surface area contributed by atoms with E-state index in [1.165, 1.54) is 11.8 Å². The van der Waals surface area contributed by atoms with Crippen LogP contribution in [0, 0.1) is 0 Å². The number of benzene rings is 1. The van der Waals surface area contributed by atoms with E-state index in [0.29, 0.717) is 33.5 Å². The highest BCUT2D eigenvalue weighted by molar-refractivity contribution is 8.04. The summed E-state index contributed by atoms with van der Waals surface area (Å²) < 4.78 is 5.43. The highest BCUT2D eigenvalue weighted by atomic mass is 35.5. The zero-order valence-electron chi connectivity index (χ0n) is 14.1. The van der Waals surface area contributed by atoms with Crippen LogP contribution in [0.5, 0.6) is 0 Å². The summed E-state index contributed by atoms with van der Waals surface area (Å²) in [6.07, 6.45) is 4.26. The van der Waals surface area contributed by atoms with Crippen molar-refractivity contribution >= 4 is 40.9 Å². The molecular weight excluding hydrogens is 360 g/mol. The largest absolute Gasteiger partial charge is 0.496 e. The van der Waals surface area contributed by atoms with Gasteiger partial charge < -0.3 is 15.4 Å². The van der Waals surface area contributed by atoms with Gasteiger partial charge in [-0.15, -0.1) is 11.8 Å². The van der Waals surface area contributed by atoms with Gasteiger partial charge in [0.25, 0.3) is 11.8 Å². The lowest BCUT2D eigenvalue weighted by molar-refractivity contribution is -0.112. The van der Waals surface area contributed by atoms with Gasteiger partial charge in [0, 0.05) is 16.8 Å². The Morgan fingerprint density at radius 2 is 2.00 bits per heavy atom. The van der Waals surface area contributed by atoms with Crippen LogP contribution in [0.25, 0.3) is 0 Å². The molecule has 0 aromatic heterocycles. The van der Waals surface area contributed by atoms with Gasteiger partial charge in [0.05, 0.1) is 17.9 Å². The summed E-state index contributed by atoms with van der Waals surface area (Å²) in [5, 5.41) is 6.32. The molecule has 1 aromatic carbocycles. The lowest BCUT2D eigenvalue weighted by Gasteiger charge is -2.19. The van der Waals surface area contributed by atoms with Gasteiger partial charge in [0.2, 0.25) is 0 Å². The molecule has 1 aliphatic carbocycles. The average Bonchev–Trinajstić information content (AvgIpc) is 3.09. The number of rotatable bonds is 4. The maximum Gasteiger partial charge on any atom is 0.265 e. The van der Waals surface area contributed by atoms with Crippen LogP contribution in [0.15, 0.2) is 28.9 Å². The van der Waals surface area contributed by atoms with Crippen LogP contribution in [0.1, 0.15) is 43.0 Å². The SMILES string of the molecule is CC1=C(C(=O)Nc2ccc(Cl)cc2C(=O)NC2CCCC2)SCCO1. The normalized spacial score (nSPS) is 18.0. The molecule has 0 saturated heterocycles. The molecule has 2 N–H and O–H groups in total. The van der Waals surface area contributed by atoms with Crippen molar-refractivity contribution in [1.29, 1.82) is 0 Å². The van der Waals surface area contributed by atoms with E-state index in [-0.39, 0.29) is 17.9 Å². The number of carbonyl (C=O) groups excluding carboxylic acids is 2. The maximum absolute atomic E-state index is 12.6. The molecule has 0 atom stereocenters. The number of halogens is 1. The fraction of sp³-hybridized carbons (Fsp3) is 0.444. The molecule has 3 rings (SSSR count). The van der Waals surface area contributed by atoms with Crippen LogP contribution in [0.3, 0.4) is 0 Å². The van der Waals surface area contributed by atoms with Gasteiger partial charge in [0.1, 0.15) is 10.7 Å². The molecule has 2 aliphatic rings. The Balaban J connectivity index is 1.78. The third kappa shape index (κ3) is 4.50. The number of anilines is 1. The second-order valence-corrected chi connectivity index (χ2v) is 7.72. The topological polar surface area (TPSA) is 67.4 Å². The van der Waals surface area contributed by atoms with Crippen LogP contribution in [0.4, 0.5) is 5.69 Å². The van der Waals surface area contributed by atoms with Crippen molar-refractivity contribution in [2.75, 3.05) is 17.7 Å². The van der Waals surface area contributed by atoms with E-state index in [0.717, 1.165) is 31.4 Å². The van der Waals surface area contributed by atoms with Crippen LogP contribution >= 0.6 is 23.4 Å². The Hall–Kier alpha value is -1.66. The number of nitrogens with one attached hydrogen (secondary N) is 2. The Bertz CT molecular complexity index is 714. The molecule has 5 nitrogen and oxygen atoms in total. The van der Waals surface area contributed by atoms with Crippen molar-refractivity contribution < 1.29 is 14.3 Å². The molecule has 0 radical (unpaired) electrons. The molecule has 0 unspecified atom stereocenters. The molecule has 25 heavy (non-hydrogen) atoms. The minimum absolute atomic E-state index is 0.197. The molecule has 1 aromatic rings. The number of ether oxygens (including phenoxy) is 1. The molecular formula is C18H21ClN2O3S. The quantitative estimate of drug-likeness (QED) is 0.830. The smallest absolute Gasteiger partial charge is 0.265 e. The van der Waals surface area contributed by atoms with Crippen molar-refractivity contribution in [2.24, 2.45) is 0 Å². The van der Waals surface area contributed by atoms with Crippen LogP contribution in [0.2, 0.25) is 5.02 Å². The van der Waals surface area contributed by atoms with Crippen molar-refractivity contribution in [1.82, 2.24) is 5.32 Å². The third-order valence-electron chi connectivity index (χ3n) is 4.34. The zero-order valence-corrected chi connectivity index (χ0v) is 15.6. The zero-order chi connectivity index (χ0) is 17.8. The van der Waals surface area contributed by atoms with Crippen LogP contribution in [-0.2, 0) is 9.53 Å². The van der Waals surface area contributed by atoms with Gasteiger partial charge in [-0.3, -0.25) is 9.59 Å². The summed E-state index contributed by atoms with van der Waals surface area (Å²) in [4.78, 5) is 25.7. The lowest BCUT2D eigenvalue weighted by atomic mass is 10.1. The van der Waals surface area contributed by atoms with Crippen LogP contribution in [-0.4, -0.2) is 30.2 Å². The number of hydrogen-bond donors (Lipinski definition) is 2. The van der Waals surface area contributed by atoms with E-state index in [4.69, 9.17) is 16.3 Å². The molecule has 7 heteroatoms. The second-order valence-electron chi connectivity index (χ2n) is 6.18. The standard InChI is InChI=1S/C18H21ClN2O3S/c1-11-16(25-9-8-24-11)18(23)21-15-7-6-12(19)10-14(15)17(22)20-13-4-2-3-5-13/h6-7,10,13H,2-5,8-9H2,1H3,(H,20,22)(H,21,23). The Morgan fingerprint density at radius 1 is 1.24 bits per heavy atom. The lowest BCUT2D eigenvalue weighted by Crippen LogP contribution is -2.33. The molecule has 2 amide bonds. The van der Waals surface area contributed by atoms with Crippen LogP contribution < -0.4 is 10.6 Å². The predicted molar refractivity (Wildman–Crippen MR) is 101 cm³/mol. The molecule has 0 bridgehead atoms. The summed E-state index contributed by atoms with van der Waals surface area (Å²) in [7, 11) is 0. The van der Waals surface area contributed by atoms with Gasteiger partial charge in [0.15, 0.2) is 0 Å². The monoisotopic (exact) mass is 380 g/mol. The first-order valence-corrected chi connectivity index (χ1v) is 9.79. The Labute approximate surface area is 156 Å². The summed E-state index contributed by atoms with van der Waals surface area (Å²) in [5.41, 5.74) is 0.837. The number of allylic oxidation sites excluding steroid dienone is 1. The minimum Gasteiger partial charge on any atom is -0.496 e. The summed E-state index contributed by atoms with van der Waals surface area (Å²) in [6.45, 7) is 2.37. The van der Waals surface area contributed by atoms with Crippen molar-refractivity contribution in [3.63, 3.8) is 0 Å². The molecule has 1 heterocycles. The summed E-state index contributed by atoms with van der Waals surface area (Å²) >= 11 is 7.52. The van der Waals surface area contributed by atoms with Gasteiger partial charge >= 0.3 is 0 Å². The molecule has 1 fully saturated rings. The molecule has 1 aliphatic heterocycles. The molecule has 134 valence electrons. The van der Waals surface area contributed by atoms with E-state index in [1.807, 2.05) is 0 Å². The maximum atomic E-state index is 12.6. The van der Waals surface area contributed by atoms with E-state index in [1.54, 1.807) is 25.1 Å². The Morgan fingerprint density at radius 3 is 2.72 bits per heavy atom. The molecule has 0 spiro atoms. The summed E-state index contributed by atoms with van der Waals surface area (Å²) in [6, 6.07) is 5.11. The van der Waals surface area contributed by atoms with Crippen molar-refractivity contribution in [2.45, 2.75) is 38.6 Å². The first-order chi connectivity index (χ1) is 12.0. The van der Waals surface area contributed by atoms with E-state index in [9.17, 15) is 9.59 Å². The van der Waals surface area contributed by atoms with Gasteiger partial charge in [-0.1, -0.05) is 24.4 Å². The van der Waals surface area contributed by atoms with Crippen molar-refractivity contribution in [3.05, 3.63) is 39.4 Å². The highest BCUT2D eigenvalue weighted by Gasteiger charge is 2.23. The first-order valence-electron chi connectivity index (χ1n) is 8.43. The highest BCUT2D eigenvalue weighted by Crippen LogP contribution is 2.28. The first kappa shape index (κ1) is 18.1. The van der Waals surface area contributed by atoms with E-state index >= 15 is 0 Å². The Kier molecular flexibility index (Phi) is 5.91. The minimum atomic E-state index is -0.264. The number of hydrogen-bond acceptors (Lipinski definition) is 4.